The Bertz CT molecular complexity index is 552. The number of carbonyl (C=O) groups excluding carboxylic acids is 1. The Kier molecular flexibility index (Phi) is 5.21. The molecule has 1 aromatic rings. The summed E-state index contributed by atoms with van der Waals surface area (Å²) in [5.74, 6) is 0.860. The zero-order valence-corrected chi connectivity index (χ0v) is 14.3. The first-order valence-electron chi connectivity index (χ1n) is 8.97. The number of hydrogen-bond donors (Lipinski definition) is 1. The first-order chi connectivity index (χ1) is 11.2. The van der Waals surface area contributed by atoms with Crippen LogP contribution in [0.5, 0.6) is 5.75 Å². The highest BCUT2D eigenvalue weighted by Crippen LogP contribution is 2.33. The topological polar surface area (TPSA) is 41.6 Å². The first kappa shape index (κ1) is 16.3. The van der Waals surface area contributed by atoms with Crippen LogP contribution in [-0.2, 0) is 6.42 Å². The SMILES string of the molecule is CCCN(C1CCCC1)C1COc2cccc(C(=O)NC)c2C1. The molecule has 1 aliphatic carbocycles. The molecule has 1 saturated carbocycles. The summed E-state index contributed by atoms with van der Waals surface area (Å²) in [5, 5.41) is 2.75. The van der Waals surface area contributed by atoms with E-state index in [1.165, 1.54) is 25.7 Å². The zero-order chi connectivity index (χ0) is 16.2. The number of nitrogens with zero attached hydrogens (tertiary/aromatic N) is 1. The van der Waals surface area contributed by atoms with E-state index in [1.54, 1.807) is 7.05 Å². The summed E-state index contributed by atoms with van der Waals surface area (Å²) in [4.78, 5) is 14.8. The van der Waals surface area contributed by atoms with E-state index in [2.05, 4.69) is 17.1 Å². The molecule has 2 aliphatic rings. The predicted octanol–water partition coefficient (Wildman–Crippen LogP) is 3.00. The highest BCUT2D eigenvalue weighted by atomic mass is 16.5. The van der Waals surface area contributed by atoms with Gasteiger partial charge < -0.3 is 10.1 Å². The van der Waals surface area contributed by atoms with Gasteiger partial charge in [-0.2, -0.15) is 0 Å². The normalized spacial score (nSPS) is 21.1. The number of hydrogen-bond acceptors (Lipinski definition) is 3. The second-order valence-electron chi connectivity index (χ2n) is 6.71. The lowest BCUT2D eigenvalue weighted by Gasteiger charge is -2.39. The summed E-state index contributed by atoms with van der Waals surface area (Å²) < 4.78 is 6.04. The van der Waals surface area contributed by atoms with Gasteiger partial charge in [-0.3, -0.25) is 9.69 Å². The minimum atomic E-state index is -0.0194. The molecule has 1 aromatic carbocycles. The van der Waals surface area contributed by atoms with Crippen LogP contribution < -0.4 is 10.1 Å². The van der Waals surface area contributed by atoms with Gasteiger partial charge >= 0.3 is 0 Å². The summed E-state index contributed by atoms with van der Waals surface area (Å²) in [5.41, 5.74) is 1.83. The first-order valence-corrected chi connectivity index (χ1v) is 8.97. The number of nitrogens with one attached hydrogen (secondary N) is 1. The molecular formula is C19H28N2O2. The van der Waals surface area contributed by atoms with Gasteiger partial charge in [-0.15, -0.1) is 0 Å². The van der Waals surface area contributed by atoms with Crippen molar-refractivity contribution < 1.29 is 9.53 Å². The Morgan fingerprint density at radius 2 is 2.09 bits per heavy atom. The maximum absolute atomic E-state index is 12.2. The van der Waals surface area contributed by atoms with Gasteiger partial charge in [-0.05, 0) is 44.4 Å². The van der Waals surface area contributed by atoms with E-state index in [9.17, 15) is 4.79 Å². The quantitative estimate of drug-likeness (QED) is 0.908. The molecule has 1 N–H and O–H groups in total. The van der Waals surface area contributed by atoms with E-state index in [4.69, 9.17) is 4.74 Å². The van der Waals surface area contributed by atoms with Crippen LogP contribution in [-0.4, -0.2) is 43.1 Å². The van der Waals surface area contributed by atoms with Crippen molar-refractivity contribution in [3.05, 3.63) is 29.3 Å². The van der Waals surface area contributed by atoms with E-state index in [0.29, 0.717) is 12.1 Å². The zero-order valence-electron chi connectivity index (χ0n) is 14.3. The Morgan fingerprint density at radius 3 is 2.78 bits per heavy atom. The van der Waals surface area contributed by atoms with Gasteiger partial charge in [0.05, 0.1) is 0 Å². The fourth-order valence-corrected chi connectivity index (χ4v) is 4.11. The standard InChI is InChI=1S/C19H28N2O2/c1-3-11-21(14-7-4-5-8-14)15-12-17-16(19(22)20-2)9-6-10-18(17)23-13-15/h6,9-10,14-15H,3-5,7-8,11-13H2,1-2H3,(H,20,22). The highest BCUT2D eigenvalue weighted by molar-refractivity contribution is 5.96. The lowest BCUT2D eigenvalue weighted by Crippen LogP contribution is -2.48. The predicted molar refractivity (Wildman–Crippen MR) is 92.1 cm³/mol. The minimum absolute atomic E-state index is 0.0194. The molecule has 4 nitrogen and oxygen atoms in total. The second kappa shape index (κ2) is 7.35. The smallest absolute Gasteiger partial charge is 0.251 e. The van der Waals surface area contributed by atoms with Crippen molar-refractivity contribution in [2.24, 2.45) is 0 Å². The van der Waals surface area contributed by atoms with Crippen LogP contribution in [0.2, 0.25) is 0 Å². The van der Waals surface area contributed by atoms with Crippen molar-refractivity contribution in [3.8, 4) is 5.75 Å². The van der Waals surface area contributed by atoms with Crippen molar-refractivity contribution in [2.45, 2.75) is 57.5 Å². The van der Waals surface area contributed by atoms with Crippen LogP contribution in [0.15, 0.2) is 18.2 Å². The van der Waals surface area contributed by atoms with Gasteiger partial charge in [0, 0.05) is 30.3 Å². The third-order valence-corrected chi connectivity index (χ3v) is 5.22. The van der Waals surface area contributed by atoms with E-state index < -0.39 is 0 Å². The lowest BCUT2D eigenvalue weighted by atomic mass is 9.94. The number of amides is 1. The summed E-state index contributed by atoms with van der Waals surface area (Å²) in [6.45, 7) is 4.10. The van der Waals surface area contributed by atoms with Crippen LogP contribution in [0.4, 0.5) is 0 Å². The molecule has 4 heteroatoms. The molecule has 1 heterocycles. The van der Waals surface area contributed by atoms with Crippen molar-refractivity contribution >= 4 is 5.91 Å². The van der Waals surface area contributed by atoms with E-state index >= 15 is 0 Å². The van der Waals surface area contributed by atoms with Crippen molar-refractivity contribution in [3.63, 3.8) is 0 Å². The van der Waals surface area contributed by atoms with Gasteiger partial charge in [0.25, 0.3) is 5.91 Å². The van der Waals surface area contributed by atoms with Crippen LogP contribution in [0.25, 0.3) is 0 Å². The summed E-state index contributed by atoms with van der Waals surface area (Å²) >= 11 is 0. The van der Waals surface area contributed by atoms with Crippen molar-refractivity contribution in [1.29, 1.82) is 0 Å². The molecule has 0 radical (unpaired) electrons. The van der Waals surface area contributed by atoms with E-state index in [1.807, 2.05) is 18.2 Å². The van der Waals surface area contributed by atoms with Crippen LogP contribution in [0.3, 0.4) is 0 Å². The Balaban J connectivity index is 1.84. The fourth-order valence-electron chi connectivity index (χ4n) is 4.11. The minimum Gasteiger partial charge on any atom is -0.492 e. The van der Waals surface area contributed by atoms with Gasteiger partial charge in [-0.1, -0.05) is 25.8 Å². The maximum atomic E-state index is 12.2. The summed E-state index contributed by atoms with van der Waals surface area (Å²) in [6, 6.07) is 6.87. The van der Waals surface area contributed by atoms with Gasteiger partial charge in [0.2, 0.25) is 0 Å². The van der Waals surface area contributed by atoms with Crippen LogP contribution in [0.1, 0.15) is 54.9 Å². The van der Waals surface area contributed by atoms with Crippen molar-refractivity contribution in [1.82, 2.24) is 10.2 Å². The summed E-state index contributed by atoms with van der Waals surface area (Å²) in [7, 11) is 1.69. The molecule has 1 fully saturated rings. The number of carbonyl (C=O) groups is 1. The second-order valence-corrected chi connectivity index (χ2v) is 6.71. The third-order valence-electron chi connectivity index (χ3n) is 5.22. The number of benzene rings is 1. The Labute approximate surface area is 139 Å². The molecule has 1 amide bonds. The summed E-state index contributed by atoms with van der Waals surface area (Å²) in [6.07, 6.45) is 7.38. The molecule has 126 valence electrons. The number of fused-ring (bicyclic) bond motifs is 1. The fraction of sp³-hybridized carbons (Fsp3) is 0.632. The average Bonchev–Trinajstić information content (AvgIpc) is 3.12. The maximum Gasteiger partial charge on any atom is 0.251 e. The van der Waals surface area contributed by atoms with Gasteiger partial charge in [-0.25, -0.2) is 0 Å². The van der Waals surface area contributed by atoms with Crippen molar-refractivity contribution in [2.75, 3.05) is 20.2 Å². The molecule has 0 spiro atoms. The monoisotopic (exact) mass is 316 g/mol. The number of rotatable bonds is 5. The molecule has 1 unspecified atom stereocenters. The average molecular weight is 316 g/mol. The lowest BCUT2D eigenvalue weighted by molar-refractivity contribution is 0.0802. The number of ether oxygens (including phenoxy) is 1. The Hall–Kier alpha value is -1.55. The largest absolute Gasteiger partial charge is 0.492 e. The molecule has 3 rings (SSSR count). The van der Waals surface area contributed by atoms with Gasteiger partial charge in [0.15, 0.2) is 0 Å². The molecule has 0 saturated heterocycles. The molecule has 23 heavy (non-hydrogen) atoms. The molecule has 0 bridgehead atoms. The van der Waals surface area contributed by atoms with Gasteiger partial charge in [0.1, 0.15) is 12.4 Å². The molecule has 1 aliphatic heterocycles. The van der Waals surface area contributed by atoms with E-state index in [0.717, 1.165) is 42.9 Å². The third kappa shape index (κ3) is 3.37. The highest BCUT2D eigenvalue weighted by Gasteiger charge is 2.32. The van der Waals surface area contributed by atoms with Crippen LogP contribution >= 0.6 is 0 Å². The molecule has 0 aromatic heterocycles. The Morgan fingerprint density at radius 1 is 1.30 bits per heavy atom. The molecular weight excluding hydrogens is 288 g/mol. The van der Waals surface area contributed by atoms with E-state index in [-0.39, 0.29) is 5.91 Å². The molecule has 1 atom stereocenters. The van der Waals surface area contributed by atoms with Crippen LogP contribution in [0, 0.1) is 0 Å².